The fourth-order valence-corrected chi connectivity index (χ4v) is 5.31. The van der Waals surface area contributed by atoms with E-state index < -0.39 is 59.6 Å². The van der Waals surface area contributed by atoms with Crippen LogP contribution in [-0.4, -0.2) is 67.0 Å². The van der Waals surface area contributed by atoms with E-state index in [9.17, 15) is 22.8 Å². The van der Waals surface area contributed by atoms with E-state index in [0.717, 1.165) is 40.0 Å². The molecule has 44 heavy (non-hydrogen) atoms. The van der Waals surface area contributed by atoms with Crippen LogP contribution >= 0.6 is 0 Å². The summed E-state index contributed by atoms with van der Waals surface area (Å²) < 4.78 is 86.3. The number of rotatable bonds is 7. The smallest absolute Gasteiger partial charge is 0.411 e. The molecule has 2 aliphatic rings. The van der Waals surface area contributed by atoms with E-state index >= 15 is 8.78 Å². The molecule has 14 heteroatoms. The largest absolute Gasteiger partial charge is 0.467 e. The van der Waals surface area contributed by atoms with Crippen molar-refractivity contribution in [1.29, 1.82) is 0 Å². The number of ether oxygens (including phenoxy) is 3. The normalized spacial score (nSPS) is 17.3. The van der Waals surface area contributed by atoms with Crippen LogP contribution < -0.4 is 10.2 Å². The summed E-state index contributed by atoms with van der Waals surface area (Å²) in [6.07, 6.45) is -3.09. The number of esters is 1. The monoisotopic (exact) mass is 620 g/mol. The molecule has 2 aliphatic heterocycles. The minimum absolute atomic E-state index is 0.0771. The maximum atomic E-state index is 15.2. The summed E-state index contributed by atoms with van der Waals surface area (Å²) in [5, 5.41) is 2.32. The van der Waals surface area contributed by atoms with E-state index in [1.54, 1.807) is 18.3 Å². The van der Waals surface area contributed by atoms with Crippen LogP contribution in [0.4, 0.5) is 27.6 Å². The molecule has 1 aromatic heterocycles. The number of halogens is 5. The van der Waals surface area contributed by atoms with Crippen LogP contribution in [0.3, 0.4) is 0 Å². The number of fused-ring (bicyclic) bond motifs is 1. The van der Waals surface area contributed by atoms with E-state index in [1.165, 1.54) is 0 Å². The van der Waals surface area contributed by atoms with Gasteiger partial charge in [0.25, 0.3) is 5.91 Å². The number of aryl methyl sites for hydroxylation is 2. The van der Waals surface area contributed by atoms with E-state index in [-0.39, 0.29) is 32.8 Å². The molecule has 1 amide bonds. The maximum absolute atomic E-state index is 15.2. The number of carbonyl (C=O) groups excluding carboxylic acids is 2. The molecule has 0 unspecified atom stereocenters. The summed E-state index contributed by atoms with van der Waals surface area (Å²) in [6.45, 7) is 3.21. The SMILES string of the molecule is COC(=O)[C@H](Cc1ccc(-c2ncc(C)c(C)n2)c2c1COC2)NC(=O)c1c(F)cc(N2CCOC[C@@H]2C(F)(F)F)cc1F. The molecule has 9 nitrogen and oxygen atoms in total. The second-order valence-corrected chi connectivity index (χ2v) is 10.5. The zero-order valence-electron chi connectivity index (χ0n) is 24.1. The number of nitrogens with zero attached hydrogens (tertiary/aromatic N) is 3. The summed E-state index contributed by atoms with van der Waals surface area (Å²) in [4.78, 5) is 35.6. The van der Waals surface area contributed by atoms with E-state index in [0.29, 0.717) is 23.5 Å². The number of anilines is 1. The summed E-state index contributed by atoms with van der Waals surface area (Å²) in [7, 11) is 1.10. The average molecular weight is 621 g/mol. The van der Waals surface area contributed by atoms with Crippen LogP contribution in [0.1, 0.15) is 38.3 Å². The van der Waals surface area contributed by atoms with Gasteiger partial charge in [-0.25, -0.2) is 23.5 Å². The highest BCUT2D eigenvalue weighted by molar-refractivity contribution is 5.97. The van der Waals surface area contributed by atoms with Crippen molar-refractivity contribution in [3.05, 3.63) is 75.6 Å². The van der Waals surface area contributed by atoms with Crippen molar-refractivity contribution < 1.29 is 45.8 Å². The molecule has 0 radical (unpaired) electrons. The van der Waals surface area contributed by atoms with Gasteiger partial charge in [-0.2, -0.15) is 13.2 Å². The molecule has 1 saturated heterocycles. The number of benzene rings is 2. The second-order valence-electron chi connectivity index (χ2n) is 10.5. The van der Waals surface area contributed by atoms with Crippen molar-refractivity contribution >= 4 is 17.6 Å². The number of methoxy groups -OCH3 is 1. The third kappa shape index (κ3) is 6.22. The van der Waals surface area contributed by atoms with Crippen molar-refractivity contribution in [1.82, 2.24) is 15.3 Å². The lowest BCUT2D eigenvalue weighted by Gasteiger charge is -2.38. The first-order valence-electron chi connectivity index (χ1n) is 13.7. The zero-order chi connectivity index (χ0) is 31.8. The van der Waals surface area contributed by atoms with Gasteiger partial charge >= 0.3 is 12.1 Å². The van der Waals surface area contributed by atoms with Gasteiger partial charge in [0.2, 0.25) is 0 Å². The Morgan fingerprint density at radius 2 is 1.82 bits per heavy atom. The maximum Gasteiger partial charge on any atom is 0.411 e. The van der Waals surface area contributed by atoms with Gasteiger partial charge in [0.05, 0.1) is 33.5 Å². The molecular formula is C30H29F5N4O5. The van der Waals surface area contributed by atoms with Crippen molar-refractivity contribution in [2.24, 2.45) is 0 Å². The molecule has 2 aromatic carbocycles. The fraction of sp³-hybridized carbons (Fsp3) is 0.400. The Kier molecular flexibility index (Phi) is 8.84. The minimum Gasteiger partial charge on any atom is -0.467 e. The summed E-state index contributed by atoms with van der Waals surface area (Å²) in [5.74, 6) is -4.41. The molecule has 0 bridgehead atoms. The highest BCUT2D eigenvalue weighted by Crippen LogP contribution is 2.34. The first-order chi connectivity index (χ1) is 20.9. The molecule has 1 fully saturated rings. The van der Waals surface area contributed by atoms with Crippen LogP contribution in [0.15, 0.2) is 30.5 Å². The van der Waals surface area contributed by atoms with Crippen molar-refractivity contribution in [3.63, 3.8) is 0 Å². The topological polar surface area (TPSA) is 103 Å². The number of nitrogens with one attached hydrogen (secondary N) is 1. The zero-order valence-corrected chi connectivity index (χ0v) is 24.1. The second kappa shape index (κ2) is 12.4. The molecular weight excluding hydrogens is 591 g/mol. The van der Waals surface area contributed by atoms with Crippen LogP contribution in [0, 0.1) is 25.5 Å². The van der Waals surface area contributed by atoms with Gasteiger partial charge in [0.15, 0.2) is 5.82 Å². The first kappa shape index (κ1) is 31.3. The summed E-state index contributed by atoms with van der Waals surface area (Å²) in [6, 6.07) is 1.37. The Labute approximate surface area is 249 Å². The Morgan fingerprint density at radius 1 is 1.11 bits per heavy atom. The molecule has 5 rings (SSSR count). The average Bonchev–Trinajstić information content (AvgIpc) is 3.48. The predicted molar refractivity (Wildman–Crippen MR) is 147 cm³/mol. The molecule has 2 atom stereocenters. The highest BCUT2D eigenvalue weighted by Gasteiger charge is 2.46. The van der Waals surface area contributed by atoms with Crippen molar-refractivity contribution in [3.8, 4) is 11.4 Å². The molecule has 3 aromatic rings. The molecule has 0 spiro atoms. The van der Waals surface area contributed by atoms with Gasteiger partial charge in [-0.1, -0.05) is 12.1 Å². The van der Waals surface area contributed by atoms with Crippen molar-refractivity contribution in [2.75, 3.05) is 31.8 Å². The Hall–Kier alpha value is -4.17. The third-order valence-electron chi connectivity index (χ3n) is 7.79. The number of amides is 1. The first-order valence-corrected chi connectivity index (χ1v) is 13.7. The van der Waals surface area contributed by atoms with E-state index in [4.69, 9.17) is 14.2 Å². The van der Waals surface area contributed by atoms with E-state index in [2.05, 4.69) is 15.3 Å². The highest BCUT2D eigenvalue weighted by atomic mass is 19.4. The fourth-order valence-electron chi connectivity index (χ4n) is 5.31. The van der Waals surface area contributed by atoms with Gasteiger partial charge in [0.1, 0.15) is 29.3 Å². The molecule has 234 valence electrons. The number of hydrogen-bond donors (Lipinski definition) is 1. The van der Waals surface area contributed by atoms with Crippen LogP contribution in [0.2, 0.25) is 0 Å². The lowest BCUT2D eigenvalue weighted by Crippen LogP contribution is -2.53. The van der Waals surface area contributed by atoms with Crippen molar-refractivity contribution in [2.45, 2.75) is 51.7 Å². The molecule has 0 aliphatic carbocycles. The Morgan fingerprint density at radius 3 is 2.48 bits per heavy atom. The number of aromatic nitrogens is 2. The lowest BCUT2D eigenvalue weighted by atomic mass is 9.93. The minimum atomic E-state index is -4.72. The standard InChI is InChI=1S/C30H29F5N4O5/c1-15-11-36-27(37-16(15)2)19-5-4-17(20-12-44-13-21(19)20)8-24(29(41)42-3)38-28(40)26-22(31)9-18(10-23(26)32)39-6-7-43-14-25(39)30(33,34)35/h4-5,9-11,24-25H,6-8,12-14H2,1-3H3,(H,38,40)/t24-,25+/m0/s1. The number of alkyl halides is 3. The Balaban J connectivity index is 1.40. The van der Waals surface area contributed by atoms with Crippen LogP contribution in [0.25, 0.3) is 11.4 Å². The number of hydrogen-bond acceptors (Lipinski definition) is 8. The van der Waals surface area contributed by atoms with Crippen LogP contribution in [0.5, 0.6) is 0 Å². The van der Waals surface area contributed by atoms with Crippen LogP contribution in [-0.2, 0) is 38.6 Å². The summed E-state index contributed by atoms with van der Waals surface area (Å²) in [5.41, 5.74) is 3.27. The van der Waals surface area contributed by atoms with Gasteiger partial charge in [0, 0.05) is 36.1 Å². The van der Waals surface area contributed by atoms with Gasteiger partial charge in [-0.3, -0.25) is 4.79 Å². The summed E-state index contributed by atoms with van der Waals surface area (Å²) >= 11 is 0. The third-order valence-corrected chi connectivity index (χ3v) is 7.79. The Bertz CT molecular complexity index is 1580. The van der Waals surface area contributed by atoms with Gasteiger partial charge < -0.3 is 24.4 Å². The quantitative estimate of drug-likeness (QED) is 0.308. The number of morpholine rings is 1. The lowest BCUT2D eigenvalue weighted by molar-refractivity contribution is -0.167. The van der Waals surface area contributed by atoms with Gasteiger partial charge in [-0.05, 0) is 48.2 Å². The molecule has 3 heterocycles. The predicted octanol–water partition coefficient (Wildman–Crippen LogP) is 4.35. The van der Waals surface area contributed by atoms with Gasteiger partial charge in [-0.15, -0.1) is 0 Å². The van der Waals surface area contributed by atoms with E-state index in [1.807, 2.05) is 13.8 Å². The molecule has 1 N–H and O–H groups in total. The molecule has 0 saturated carbocycles. The number of carbonyl (C=O) groups is 2.